The highest BCUT2D eigenvalue weighted by Crippen LogP contribution is 2.48. The molecule has 2 saturated carbocycles. The molecule has 2 aliphatic carbocycles. The van der Waals surface area contributed by atoms with Crippen LogP contribution in [0.2, 0.25) is 0 Å². The van der Waals surface area contributed by atoms with Crippen molar-refractivity contribution in [2.24, 2.45) is 23.2 Å². The van der Waals surface area contributed by atoms with Gasteiger partial charge >= 0.3 is 0 Å². The second-order valence-electron chi connectivity index (χ2n) is 6.54. The molecular weight excluding hydrogens is 156 g/mol. The van der Waals surface area contributed by atoms with Gasteiger partial charge in [-0.3, -0.25) is 0 Å². The Kier molecular flexibility index (Phi) is 2.42. The first-order valence-electron chi connectivity index (χ1n) is 6.04. The van der Waals surface area contributed by atoms with Crippen molar-refractivity contribution in [2.75, 3.05) is 0 Å². The van der Waals surface area contributed by atoms with Gasteiger partial charge in [-0.2, -0.15) is 0 Å². The molecule has 13 heavy (non-hydrogen) atoms. The Hall–Kier alpha value is 0. The number of hydrogen-bond acceptors (Lipinski definition) is 0. The van der Waals surface area contributed by atoms with Crippen molar-refractivity contribution in [2.45, 2.75) is 59.3 Å². The summed E-state index contributed by atoms with van der Waals surface area (Å²) >= 11 is 0. The molecule has 2 aliphatic rings. The Morgan fingerprint density at radius 1 is 0.923 bits per heavy atom. The maximum absolute atomic E-state index is 2.39. The van der Waals surface area contributed by atoms with E-state index in [-0.39, 0.29) is 0 Å². The van der Waals surface area contributed by atoms with E-state index in [1.54, 1.807) is 25.7 Å². The average molecular weight is 180 g/mol. The largest absolute Gasteiger partial charge is 0.0602 e. The lowest BCUT2D eigenvalue weighted by molar-refractivity contribution is 0.0636. The summed E-state index contributed by atoms with van der Waals surface area (Å²) in [6, 6.07) is 0. The van der Waals surface area contributed by atoms with Gasteiger partial charge in [0, 0.05) is 0 Å². The number of rotatable bonds is 1. The lowest BCUT2D eigenvalue weighted by Gasteiger charge is -2.45. The van der Waals surface area contributed by atoms with Gasteiger partial charge in [-0.15, -0.1) is 0 Å². The Morgan fingerprint density at radius 3 is 2.00 bits per heavy atom. The van der Waals surface area contributed by atoms with Crippen molar-refractivity contribution in [3.05, 3.63) is 0 Å². The Bertz CT molecular complexity index is 175. The lowest BCUT2D eigenvalue weighted by atomic mass is 9.61. The molecule has 0 aromatic heterocycles. The van der Waals surface area contributed by atoms with E-state index in [1.807, 2.05) is 0 Å². The van der Waals surface area contributed by atoms with Gasteiger partial charge in [0.05, 0.1) is 0 Å². The molecule has 0 radical (unpaired) electrons. The van der Waals surface area contributed by atoms with Crippen LogP contribution in [0, 0.1) is 23.2 Å². The van der Waals surface area contributed by atoms with Crippen LogP contribution in [-0.2, 0) is 0 Å². The maximum Gasteiger partial charge on any atom is -0.0380 e. The molecule has 0 aromatic rings. The van der Waals surface area contributed by atoms with Crippen molar-refractivity contribution >= 4 is 0 Å². The van der Waals surface area contributed by atoms with E-state index in [0.717, 1.165) is 17.8 Å². The minimum absolute atomic E-state index is 0.557. The molecule has 0 bridgehead atoms. The highest BCUT2D eigenvalue weighted by Gasteiger charge is 2.37. The zero-order valence-corrected chi connectivity index (χ0v) is 9.47. The van der Waals surface area contributed by atoms with E-state index >= 15 is 0 Å². The molecule has 0 aromatic carbocycles. The lowest BCUT2D eigenvalue weighted by Crippen LogP contribution is -2.33. The molecule has 76 valence electrons. The van der Waals surface area contributed by atoms with E-state index < -0.39 is 0 Å². The summed E-state index contributed by atoms with van der Waals surface area (Å²) in [4.78, 5) is 0. The third kappa shape index (κ3) is 2.27. The molecule has 0 aliphatic heterocycles. The molecule has 0 amide bonds. The van der Waals surface area contributed by atoms with Crippen molar-refractivity contribution in [3.63, 3.8) is 0 Å². The summed E-state index contributed by atoms with van der Waals surface area (Å²) in [5.41, 5.74) is 0.557. The third-order valence-electron chi connectivity index (χ3n) is 4.06. The van der Waals surface area contributed by atoms with E-state index in [4.69, 9.17) is 0 Å². The molecular formula is C13H24. The Labute approximate surface area is 83.1 Å². The smallest absolute Gasteiger partial charge is 0.0380 e. The van der Waals surface area contributed by atoms with Gasteiger partial charge in [0.2, 0.25) is 0 Å². The van der Waals surface area contributed by atoms with Crippen LogP contribution < -0.4 is 0 Å². The van der Waals surface area contributed by atoms with Gasteiger partial charge in [-0.1, -0.05) is 27.2 Å². The van der Waals surface area contributed by atoms with Crippen LogP contribution in [0.5, 0.6) is 0 Å². The average Bonchev–Trinajstić information content (AvgIpc) is 1.92. The van der Waals surface area contributed by atoms with Crippen LogP contribution in [0.15, 0.2) is 0 Å². The fourth-order valence-electron chi connectivity index (χ4n) is 3.38. The predicted molar refractivity (Wildman–Crippen MR) is 57.6 cm³/mol. The van der Waals surface area contributed by atoms with Gasteiger partial charge in [0.25, 0.3) is 0 Å². The summed E-state index contributed by atoms with van der Waals surface area (Å²) in [5.74, 6) is 3.35. The molecule has 1 unspecified atom stereocenters. The molecule has 2 fully saturated rings. The van der Waals surface area contributed by atoms with Gasteiger partial charge in [0.1, 0.15) is 0 Å². The zero-order chi connectivity index (χ0) is 9.47. The van der Waals surface area contributed by atoms with Crippen LogP contribution in [0.4, 0.5) is 0 Å². The maximum atomic E-state index is 2.39. The van der Waals surface area contributed by atoms with Crippen LogP contribution >= 0.6 is 0 Å². The van der Waals surface area contributed by atoms with Gasteiger partial charge < -0.3 is 0 Å². The van der Waals surface area contributed by atoms with Gasteiger partial charge in [-0.25, -0.2) is 0 Å². The topological polar surface area (TPSA) is 0 Å². The standard InChI is InChI=1S/C13H24/c1-13(2,3)9-10-4-5-11-6-7-12(11)8-10/h10-12H,4-9H2,1-3H3/t10?,11-,12-/m0/s1. The fraction of sp³-hybridized carbons (Fsp3) is 1.00. The summed E-state index contributed by atoms with van der Waals surface area (Å²) in [5, 5.41) is 0. The molecule has 0 heteroatoms. The SMILES string of the molecule is CC(C)(C)CC1CC[C@H]2CC[C@H]2C1. The summed E-state index contributed by atoms with van der Waals surface area (Å²) < 4.78 is 0. The van der Waals surface area contributed by atoms with Crippen molar-refractivity contribution in [1.82, 2.24) is 0 Å². The van der Waals surface area contributed by atoms with E-state index in [1.165, 1.54) is 12.8 Å². The minimum Gasteiger partial charge on any atom is -0.0602 e. The van der Waals surface area contributed by atoms with Crippen LogP contribution in [-0.4, -0.2) is 0 Å². The zero-order valence-electron chi connectivity index (χ0n) is 9.47. The normalized spacial score (nSPS) is 39.5. The summed E-state index contributed by atoms with van der Waals surface area (Å²) in [6.07, 6.45) is 9.18. The first-order chi connectivity index (χ1) is 6.04. The van der Waals surface area contributed by atoms with Crippen LogP contribution in [0.25, 0.3) is 0 Å². The van der Waals surface area contributed by atoms with E-state index in [2.05, 4.69) is 20.8 Å². The predicted octanol–water partition coefficient (Wildman–Crippen LogP) is 4.25. The second-order valence-corrected chi connectivity index (χ2v) is 6.54. The van der Waals surface area contributed by atoms with Crippen molar-refractivity contribution < 1.29 is 0 Å². The van der Waals surface area contributed by atoms with Crippen molar-refractivity contribution in [3.8, 4) is 0 Å². The van der Waals surface area contributed by atoms with Crippen LogP contribution in [0.3, 0.4) is 0 Å². The molecule has 0 spiro atoms. The van der Waals surface area contributed by atoms with E-state index in [9.17, 15) is 0 Å². The molecule has 0 saturated heterocycles. The third-order valence-corrected chi connectivity index (χ3v) is 4.06. The van der Waals surface area contributed by atoms with Crippen LogP contribution in [0.1, 0.15) is 59.3 Å². The first kappa shape index (κ1) is 9.55. The summed E-state index contributed by atoms with van der Waals surface area (Å²) in [6.45, 7) is 7.17. The van der Waals surface area contributed by atoms with Crippen molar-refractivity contribution in [1.29, 1.82) is 0 Å². The number of fused-ring (bicyclic) bond motifs is 1. The monoisotopic (exact) mass is 180 g/mol. The van der Waals surface area contributed by atoms with Gasteiger partial charge in [0.15, 0.2) is 0 Å². The Balaban J connectivity index is 1.81. The highest BCUT2D eigenvalue weighted by atomic mass is 14.4. The summed E-state index contributed by atoms with van der Waals surface area (Å²) in [7, 11) is 0. The van der Waals surface area contributed by atoms with E-state index in [0.29, 0.717) is 5.41 Å². The molecule has 0 heterocycles. The fourth-order valence-corrected chi connectivity index (χ4v) is 3.38. The quantitative estimate of drug-likeness (QED) is 0.566. The minimum atomic E-state index is 0.557. The molecule has 0 nitrogen and oxygen atoms in total. The molecule has 3 atom stereocenters. The molecule has 0 N–H and O–H groups in total. The van der Waals surface area contributed by atoms with Gasteiger partial charge in [-0.05, 0) is 55.3 Å². The Morgan fingerprint density at radius 2 is 1.54 bits per heavy atom. The highest BCUT2D eigenvalue weighted by molar-refractivity contribution is 4.88. The molecule has 2 rings (SSSR count). The first-order valence-corrected chi connectivity index (χ1v) is 6.04. The number of hydrogen-bond donors (Lipinski definition) is 0. The second kappa shape index (κ2) is 3.29.